The third kappa shape index (κ3) is 2.53. The number of nitrogens with one attached hydrogen (secondary N) is 1. The molecule has 0 aromatic carbocycles. The molecule has 1 saturated carbocycles. The number of rotatable bonds is 4. The first-order valence-electron chi connectivity index (χ1n) is 5.07. The van der Waals surface area contributed by atoms with E-state index in [9.17, 15) is 5.11 Å². The van der Waals surface area contributed by atoms with Gasteiger partial charge in [-0.2, -0.15) is 0 Å². The van der Waals surface area contributed by atoms with Gasteiger partial charge in [0.1, 0.15) is 11.9 Å². The minimum atomic E-state index is -0.579. The summed E-state index contributed by atoms with van der Waals surface area (Å²) in [5.74, 6) is 1.38. The lowest BCUT2D eigenvalue weighted by atomic mass is 10.2. The molecule has 5 heteroatoms. The predicted octanol–water partition coefficient (Wildman–Crippen LogP) is 1.37. The fourth-order valence-corrected chi connectivity index (χ4v) is 1.91. The van der Waals surface area contributed by atoms with Crippen molar-refractivity contribution in [3.05, 3.63) is 22.2 Å². The molecule has 0 saturated heterocycles. The van der Waals surface area contributed by atoms with Crippen molar-refractivity contribution < 1.29 is 5.11 Å². The van der Waals surface area contributed by atoms with E-state index in [1.807, 2.05) is 0 Å². The largest absolute Gasteiger partial charge is 0.385 e. The van der Waals surface area contributed by atoms with E-state index in [-0.39, 0.29) is 0 Å². The van der Waals surface area contributed by atoms with Gasteiger partial charge in [-0.05, 0) is 35.8 Å². The van der Waals surface area contributed by atoms with Gasteiger partial charge in [0, 0.05) is 18.7 Å². The van der Waals surface area contributed by atoms with Gasteiger partial charge in [0.05, 0.1) is 10.2 Å². The monoisotopic (exact) mass is 271 g/mol. The highest BCUT2D eigenvalue weighted by Crippen LogP contribution is 2.38. The van der Waals surface area contributed by atoms with Crippen LogP contribution < -0.4 is 5.32 Å². The molecule has 0 amide bonds. The minimum Gasteiger partial charge on any atom is -0.385 e. The van der Waals surface area contributed by atoms with E-state index in [2.05, 4.69) is 31.2 Å². The average molecular weight is 272 g/mol. The molecule has 1 unspecified atom stereocenters. The Labute approximate surface area is 97.3 Å². The first-order chi connectivity index (χ1) is 7.22. The standard InChI is InChI=1S/C10H14BrN3O/c1-12-5-8(15)9-7(11)4-13-10(14-9)6-2-3-6/h4,6,8,12,15H,2-3,5H2,1H3. The minimum absolute atomic E-state index is 0.500. The summed E-state index contributed by atoms with van der Waals surface area (Å²) in [6.07, 6.45) is 3.49. The number of hydrogen-bond donors (Lipinski definition) is 2. The summed E-state index contributed by atoms with van der Waals surface area (Å²) in [6.45, 7) is 0.500. The maximum absolute atomic E-state index is 9.85. The summed E-state index contributed by atoms with van der Waals surface area (Å²) < 4.78 is 0.773. The highest BCUT2D eigenvalue weighted by molar-refractivity contribution is 9.10. The molecule has 1 aliphatic carbocycles. The Morgan fingerprint density at radius 1 is 1.67 bits per heavy atom. The van der Waals surface area contributed by atoms with E-state index < -0.39 is 6.10 Å². The Morgan fingerprint density at radius 2 is 2.40 bits per heavy atom. The van der Waals surface area contributed by atoms with Crippen molar-refractivity contribution in [1.29, 1.82) is 0 Å². The molecule has 0 spiro atoms. The van der Waals surface area contributed by atoms with Crippen LogP contribution in [0.4, 0.5) is 0 Å². The van der Waals surface area contributed by atoms with Crippen molar-refractivity contribution >= 4 is 15.9 Å². The number of halogens is 1. The lowest BCUT2D eigenvalue weighted by molar-refractivity contribution is 0.171. The summed E-state index contributed by atoms with van der Waals surface area (Å²) in [5, 5.41) is 12.8. The van der Waals surface area contributed by atoms with Crippen LogP contribution in [0.25, 0.3) is 0 Å². The van der Waals surface area contributed by atoms with E-state index in [1.54, 1.807) is 13.2 Å². The van der Waals surface area contributed by atoms with E-state index in [0.29, 0.717) is 18.2 Å². The topological polar surface area (TPSA) is 58.0 Å². The van der Waals surface area contributed by atoms with Crippen molar-refractivity contribution in [2.24, 2.45) is 0 Å². The highest BCUT2D eigenvalue weighted by atomic mass is 79.9. The van der Waals surface area contributed by atoms with Crippen molar-refractivity contribution in [2.75, 3.05) is 13.6 Å². The van der Waals surface area contributed by atoms with E-state index in [4.69, 9.17) is 0 Å². The maximum Gasteiger partial charge on any atom is 0.131 e. The number of aliphatic hydroxyl groups excluding tert-OH is 1. The van der Waals surface area contributed by atoms with Gasteiger partial charge in [-0.3, -0.25) is 0 Å². The molecule has 4 nitrogen and oxygen atoms in total. The van der Waals surface area contributed by atoms with Gasteiger partial charge in [0.25, 0.3) is 0 Å². The second-order valence-corrected chi connectivity index (χ2v) is 4.66. The Hall–Kier alpha value is -0.520. The molecule has 2 N–H and O–H groups in total. The Kier molecular flexibility index (Phi) is 3.33. The molecule has 0 radical (unpaired) electrons. The molecule has 1 aliphatic rings. The van der Waals surface area contributed by atoms with Crippen LogP contribution in [0.5, 0.6) is 0 Å². The Bertz CT molecular complexity index is 355. The van der Waals surface area contributed by atoms with Gasteiger partial charge in [-0.1, -0.05) is 0 Å². The predicted molar refractivity (Wildman–Crippen MR) is 60.6 cm³/mol. The zero-order chi connectivity index (χ0) is 10.8. The second-order valence-electron chi connectivity index (χ2n) is 3.81. The molecule has 1 atom stereocenters. The molecule has 2 rings (SSSR count). The normalized spacial score (nSPS) is 17.8. The van der Waals surface area contributed by atoms with E-state index >= 15 is 0 Å². The summed E-state index contributed by atoms with van der Waals surface area (Å²) >= 11 is 3.36. The number of aliphatic hydroxyl groups is 1. The maximum atomic E-state index is 9.85. The first kappa shape index (κ1) is 11.0. The zero-order valence-corrected chi connectivity index (χ0v) is 10.2. The van der Waals surface area contributed by atoms with Crippen molar-refractivity contribution in [3.63, 3.8) is 0 Å². The summed E-state index contributed by atoms with van der Waals surface area (Å²) in [4.78, 5) is 8.66. The fraction of sp³-hybridized carbons (Fsp3) is 0.600. The summed E-state index contributed by atoms with van der Waals surface area (Å²) in [5.41, 5.74) is 0.682. The number of nitrogens with zero attached hydrogens (tertiary/aromatic N) is 2. The van der Waals surface area contributed by atoms with E-state index in [1.165, 1.54) is 12.8 Å². The van der Waals surface area contributed by atoms with Crippen LogP contribution in [-0.4, -0.2) is 28.7 Å². The van der Waals surface area contributed by atoms with E-state index in [0.717, 1.165) is 10.3 Å². The molecule has 1 fully saturated rings. The van der Waals surface area contributed by atoms with Crippen LogP contribution in [0, 0.1) is 0 Å². The number of hydrogen-bond acceptors (Lipinski definition) is 4. The van der Waals surface area contributed by atoms with Crippen LogP contribution in [0.15, 0.2) is 10.7 Å². The average Bonchev–Trinajstić information content (AvgIpc) is 3.02. The van der Waals surface area contributed by atoms with Crippen LogP contribution >= 0.6 is 15.9 Å². The van der Waals surface area contributed by atoms with Gasteiger partial charge in [0.2, 0.25) is 0 Å². The van der Waals surface area contributed by atoms with Crippen LogP contribution in [-0.2, 0) is 0 Å². The SMILES string of the molecule is CNCC(O)c1nc(C2CC2)ncc1Br. The van der Waals surface area contributed by atoms with Crippen molar-refractivity contribution in [1.82, 2.24) is 15.3 Å². The molecule has 0 aliphatic heterocycles. The van der Waals surface area contributed by atoms with Gasteiger partial charge in [-0.25, -0.2) is 9.97 Å². The van der Waals surface area contributed by atoms with Gasteiger partial charge < -0.3 is 10.4 Å². The third-order valence-electron chi connectivity index (χ3n) is 2.45. The van der Waals surface area contributed by atoms with Crippen LogP contribution in [0.3, 0.4) is 0 Å². The molecule has 15 heavy (non-hydrogen) atoms. The number of aromatic nitrogens is 2. The van der Waals surface area contributed by atoms with Crippen LogP contribution in [0.2, 0.25) is 0 Å². The summed E-state index contributed by atoms with van der Waals surface area (Å²) in [6, 6.07) is 0. The molecule has 1 heterocycles. The quantitative estimate of drug-likeness (QED) is 0.869. The fourth-order valence-electron chi connectivity index (χ4n) is 1.46. The molecular weight excluding hydrogens is 258 g/mol. The molecule has 1 aromatic heterocycles. The van der Waals surface area contributed by atoms with Gasteiger partial charge >= 0.3 is 0 Å². The van der Waals surface area contributed by atoms with Crippen LogP contribution in [0.1, 0.15) is 36.4 Å². The highest BCUT2D eigenvalue weighted by Gasteiger charge is 2.27. The molecule has 0 bridgehead atoms. The second kappa shape index (κ2) is 4.55. The lowest BCUT2D eigenvalue weighted by Crippen LogP contribution is -2.18. The van der Waals surface area contributed by atoms with Crippen molar-refractivity contribution in [3.8, 4) is 0 Å². The summed E-state index contributed by atoms with van der Waals surface area (Å²) in [7, 11) is 1.81. The Balaban J connectivity index is 2.23. The molecule has 1 aromatic rings. The number of likely N-dealkylation sites (N-methyl/N-ethyl adjacent to an activating group) is 1. The molecular formula is C10H14BrN3O. The van der Waals surface area contributed by atoms with Gasteiger partial charge in [-0.15, -0.1) is 0 Å². The third-order valence-corrected chi connectivity index (χ3v) is 3.06. The Morgan fingerprint density at radius 3 is 3.00 bits per heavy atom. The lowest BCUT2D eigenvalue weighted by Gasteiger charge is -2.11. The zero-order valence-electron chi connectivity index (χ0n) is 8.57. The molecule has 82 valence electrons. The smallest absolute Gasteiger partial charge is 0.131 e. The van der Waals surface area contributed by atoms with Crippen molar-refractivity contribution in [2.45, 2.75) is 24.9 Å². The van der Waals surface area contributed by atoms with Gasteiger partial charge in [0.15, 0.2) is 0 Å². The first-order valence-corrected chi connectivity index (χ1v) is 5.86.